The molecular formula is C16H14BrClN2O. The Kier molecular flexibility index (Phi) is 4.27. The molecule has 0 bridgehead atoms. The molecule has 108 valence electrons. The summed E-state index contributed by atoms with van der Waals surface area (Å²) >= 11 is 9.41. The zero-order valence-corrected chi connectivity index (χ0v) is 13.7. The summed E-state index contributed by atoms with van der Waals surface area (Å²) in [6.45, 7) is 1.36. The maximum absolute atomic E-state index is 12.7. The van der Waals surface area contributed by atoms with Crippen LogP contribution in [0.1, 0.15) is 27.9 Å². The number of carbonyl (C=O) groups excluding carboxylic acids is 1. The number of fused-ring (bicyclic) bond motifs is 1. The van der Waals surface area contributed by atoms with Crippen LogP contribution in [0.5, 0.6) is 0 Å². The Morgan fingerprint density at radius 3 is 2.86 bits per heavy atom. The molecule has 1 aromatic carbocycles. The summed E-state index contributed by atoms with van der Waals surface area (Å²) in [6.07, 6.45) is 3.56. The Hall–Kier alpha value is -1.39. The molecule has 3 nitrogen and oxygen atoms in total. The number of carbonyl (C=O) groups is 1. The molecule has 1 aliphatic heterocycles. The van der Waals surface area contributed by atoms with E-state index in [9.17, 15) is 4.79 Å². The molecular weight excluding hydrogens is 352 g/mol. The third kappa shape index (κ3) is 3.11. The van der Waals surface area contributed by atoms with Crippen LogP contribution in [0.2, 0.25) is 5.15 Å². The maximum Gasteiger partial charge on any atom is 0.257 e. The highest BCUT2D eigenvalue weighted by atomic mass is 79.9. The average molecular weight is 366 g/mol. The number of benzene rings is 1. The van der Waals surface area contributed by atoms with Gasteiger partial charge in [-0.3, -0.25) is 4.79 Å². The van der Waals surface area contributed by atoms with Gasteiger partial charge in [-0.15, -0.1) is 0 Å². The van der Waals surface area contributed by atoms with E-state index in [4.69, 9.17) is 11.6 Å². The van der Waals surface area contributed by atoms with Gasteiger partial charge in [0.25, 0.3) is 5.91 Å². The number of aromatic nitrogens is 1. The van der Waals surface area contributed by atoms with Crippen LogP contribution in [0.25, 0.3) is 0 Å². The van der Waals surface area contributed by atoms with Gasteiger partial charge in [-0.25, -0.2) is 4.98 Å². The van der Waals surface area contributed by atoms with E-state index in [-0.39, 0.29) is 11.1 Å². The number of hydrogen-bond donors (Lipinski definition) is 0. The second-order valence-electron chi connectivity index (χ2n) is 5.09. The highest BCUT2D eigenvalue weighted by molar-refractivity contribution is 9.10. The van der Waals surface area contributed by atoms with Crippen molar-refractivity contribution in [3.05, 3.63) is 62.8 Å². The van der Waals surface area contributed by atoms with Crippen molar-refractivity contribution in [1.29, 1.82) is 0 Å². The molecule has 3 rings (SSSR count). The molecule has 0 atom stereocenters. The van der Waals surface area contributed by atoms with Crippen molar-refractivity contribution >= 4 is 33.4 Å². The minimum absolute atomic E-state index is 0.0643. The second-order valence-corrected chi connectivity index (χ2v) is 6.36. The highest BCUT2D eigenvalue weighted by Crippen LogP contribution is 2.23. The van der Waals surface area contributed by atoms with Crippen molar-refractivity contribution in [2.45, 2.75) is 19.4 Å². The predicted octanol–water partition coefficient (Wildman–Crippen LogP) is 4.09. The van der Waals surface area contributed by atoms with Gasteiger partial charge in [0.2, 0.25) is 0 Å². The average Bonchev–Trinajstić information content (AvgIpc) is 2.71. The van der Waals surface area contributed by atoms with Gasteiger partial charge < -0.3 is 4.90 Å². The standard InChI is InChI=1S/C16H14BrClN2O/c17-13-8-14(15(18)19-9-13)16(21)20-7-3-6-11-4-1-2-5-12(11)10-20/h1-2,4-5,8-9H,3,6-7,10H2. The SMILES string of the molecule is O=C(c1cc(Br)cnc1Cl)N1CCCc2ccccc2C1. The third-order valence-electron chi connectivity index (χ3n) is 3.68. The van der Waals surface area contributed by atoms with E-state index in [1.54, 1.807) is 12.3 Å². The monoisotopic (exact) mass is 364 g/mol. The lowest BCUT2D eigenvalue weighted by atomic mass is 10.0. The van der Waals surface area contributed by atoms with Gasteiger partial charge in [0, 0.05) is 23.8 Å². The molecule has 0 unspecified atom stereocenters. The van der Waals surface area contributed by atoms with Crippen molar-refractivity contribution in [1.82, 2.24) is 9.88 Å². The summed E-state index contributed by atoms with van der Waals surface area (Å²) in [5, 5.41) is 0.251. The van der Waals surface area contributed by atoms with E-state index in [2.05, 4.69) is 33.0 Å². The van der Waals surface area contributed by atoms with Gasteiger partial charge in [-0.05, 0) is 46.0 Å². The highest BCUT2D eigenvalue weighted by Gasteiger charge is 2.22. The summed E-state index contributed by atoms with van der Waals surface area (Å²) in [7, 11) is 0. The van der Waals surface area contributed by atoms with Crippen molar-refractivity contribution < 1.29 is 4.79 Å². The van der Waals surface area contributed by atoms with Crippen LogP contribution in [0.3, 0.4) is 0 Å². The molecule has 2 heterocycles. The number of aryl methyl sites for hydroxylation is 1. The van der Waals surface area contributed by atoms with E-state index in [1.165, 1.54) is 11.1 Å². The lowest BCUT2D eigenvalue weighted by Crippen LogP contribution is -2.31. The summed E-state index contributed by atoms with van der Waals surface area (Å²) in [5.41, 5.74) is 2.99. The van der Waals surface area contributed by atoms with Crippen molar-refractivity contribution in [3.8, 4) is 0 Å². The van der Waals surface area contributed by atoms with Crippen LogP contribution in [0.15, 0.2) is 41.0 Å². The summed E-state index contributed by atoms with van der Waals surface area (Å²) < 4.78 is 0.755. The van der Waals surface area contributed by atoms with Crippen LogP contribution < -0.4 is 0 Å². The first-order valence-corrected chi connectivity index (χ1v) is 7.99. The van der Waals surface area contributed by atoms with E-state index >= 15 is 0 Å². The molecule has 2 aromatic rings. The first-order chi connectivity index (χ1) is 10.1. The Labute approximate surface area is 137 Å². The molecule has 1 aromatic heterocycles. The fourth-order valence-corrected chi connectivity index (χ4v) is 3.13. The fraction of sp³-hybridized carbons (Fsp3) is 0.250. The largest absolute Gasteiger partial charge is 0.334 e. The minimum Gasteiger partial charge on any atom is -0.334 e. The predicted molar refractivity (Wildman–Crippen MR) is 86.5 cm³/mol. The second kappa shape index (κ2) is 6.16. The number of pyridine rings is 1. The maximum atomic E-state index is 12.7. The molecule has 0 radical (unpaired) electrons. The van der Waals surface area contributed by atoms with Gasteiger partial charge in [-0.1, -0.05) is 35.9 Å². The molecule has 5 heteroatoms. The van der Waals surface area contributed by atoms with Crippen molar-refractivity contribution in [2.75, 3.05) is 6.54 Å². The zero-order chi connectivity index (χ0) is 14.8. The zero-order valence-electron chi connectivity index (χ0n) is 11.4. The number of nitrogens with zero attached hydrogens (tertiary/aromatic N) is 2. The molecule has 1 amide bonds. The number of rotatable bonds is 1. The topological polar surface area (TPSA) is 33.2 Å². The smallest absolute Gasteiger partial charge is 0.257 e. The number of halogens is 2. The molecule has 0 aliphatic carbocycles. The molecule has 1 aliphatic rings. The van der Waals surface area contributed by atoms with Gasteiger partial charge in [0.1, 0.15) is 5.15 Å². The van der Waals surface area contributed by atoms with E-state index in [0.717, 1.165) is 23.9 Å². The first kappa shape index (κ1) is 14.5. The number of amides is 1. The Bertz CT molecular complexity index is 690. The van der Waals surface area contributed by atoms with Crippen LogP contribution >= 0.6 is 27.5 Å². The molecule has 0 fully saturated rings. The summed E-state index contributed by atoms with van der Waals surface area (Å²) in [4.78, 5) is 18.6. The van der Waals surface area contributed by atoms with Crippen LogP contribution in [-0.2, 0) is 13.0 Å². The van der Waals surface area contributed by atoms with Crippen LogP contribution in [-0.4, -0.2) is 22.3 Å². The van der Waals surface area contributed by atoms with Crippen molar-refractivity contribution in [2.24, 2.45) is 0 Å². The molecule has 21 heavy (non-hydrogen) atoms. The normalized spacial score (nSPS) is 14.5. The van der Waals surface area contributed by atoms with Gasteiger partial charge in [-0.2, -0.15) is 0 Å². The molecule has 0 spiro atoms. The first-order valence-electron chi connectivity index (χ1n) is 6.82. The summed E-state index contributed by atoms with van der Waals surface area (Å²) in [5.74, 6) is -0.0643. The van der Waals surface area contributed by atoms with E-state index in [0.29, 0.717) is 12.1 Å². The summed E-state index contributed by atoms with van der Waals surface area (Å²) in [6, 6.07) is 10.0. The van der Waals surface area contributed by atoms with Gasteiger partial charge in [0.15, 0.2) is 0 Å². The number of hydrogen-bond acceptors (Lipinski definition) is 2. The Morgan fingerprint density at radius 1 is 1.29 bits per heavy atom. The molecule has 0 saturated heterocycles. The lowest BCUT2D eigenvalue weighted by molar-refractivity contribution is 0.0745. The van der Waals surface area contributed by atoms with Gasteiger partial charge >= 0.3 is 0 Å². The quantitative estimate of drug-likeness (QED) is 0.713. The van der Waals surface area contributed by atoms with E-state index < -0.39 is 0 Å². The van der Waals surface area contributed by atoms with Gasteiger partial charge in [0.05, 0.1) is 5.56 Å². The Balaban J connectivity index is 1.90. The Morgan fingerprint density at radius 2 is 2.05 bits per heavy atom. The fourth-order valence-electron chi connectivity index (χ4n) is 2.62. The van der Waals surface area contributed by atoms with Crippen molar-refractivity contribution in [3.63, 3.8) is 0 Å². The van der Waals surface area contributed by atoms with Crippen LogP contribution in [0.4, 0.5) is 0 Å². The van der Waals surface area contributed by atoms with E-state index in [1.807, 2.05) is 17.0 Å². The lowest BCUT2D eigenvalue weighted by Gasteiger charge is -2.21. The van der Waals surface area contributed by atoms with Crippen LogP contribution in [0, 0.1) is 0 Å². The third-order valence-corrected chi connectivity index (χ3v) is 4.41. The molecule has 0 N–H and O–H groups in total. The minimum atomic E-state index is -0.0643. The molecule has 0 saturated carbocycles.